The van der Waals surface area contributed by atoms with Crippen molar-refractivity contribution in [3.8, 4) is 23.0 Å². The van der Waals surface area contributed by atoms with Crippen LogP contribution in [0.25, 0.3) is 16.9 Å². The number of pyridine rings is 3. The third kappa shape index (κ3) is 5.32. The number of benzene rings is 1. The highest BCUT2D eigenvalue weighted by molar-refractivity contribution is 6.36. The highest BCUT2D eigenvalue weighted by Gasteiger charge is 2.14. The molecule has 0 saturated heterocycles. The van der Waals surface area contributed by atoms with Gasteiger partial charge in [0, 0.05) is 42.1 Å². The first-order valence-corrected chi connectivity index (χ1v) is 10.8. The maximum atomic E-state index is 12.4. The third-order valence-electron chi connectivity index (χ3n) is 4.77. The molecule has 0 aliphatic carbocycles. The van der Waals surface area contributed by atoms with Crippen molar-refractivity contribution >= 4 is 34.8 Å². The van der Waals surface area contributed by atoms with E-state index in [4.69, 9.17) is 33.4 Å². The van der Waals surface area contributed by atoms with E-state index in [1.54, 1.807) is 48.7 Å². The number of nitrogens with zero attached hydrogens (tertiary/aromatic N) is 4. The van der Waals surface area contributed by atoms with E-state index in [-0.39, 0.29) is 5.56 Å². The highest BCUT2D eigenvalue weighted by atomic mass is 35.5. The molecule has 2 N–H and O–H groups in total. The molecule has 0 aliphatic rings. The lowest BCUT2D eigenvalue weighted by Crippen LogP contribution is -2.18. The van der Waals surface area contributed by atoms with Crippen molar-refractivity contribution < 1.29 is 0 Å². The smallest absolute Gasteiger partial charge is 0.255 e. The molecule has 9 heteroatoms. The van der Waals surface area contributed by atoms with Crippen LogP contribution in [-0.2, 0) is 0 Å². The zero-order valence-corrected chi connectivity index (χ0v) is 18.8. The monoisotopic (exact) mass is 476 g/mol. The summed E-state index contributed by atoms with van der Waals surface area (Å²) >= 11 is 12.5. The quantitative estimate of drug-likeness (QED) is 0.364. The van der Waals surface area contributed by atoms with Crippen LogP contribution in [0.2, 0.25) is 10.0 Å². The van der Waals surface area contributed by atoms with Crippen LogP contribution in [-0.4, -0.2) is 27.6 Å². The second-order valence-corrected chi connectivity index (χ2v) is 7.84. The molecule has 0 aliphatic heterocycles. The van der Waals surface area contributed by atoms with Gasteiger partial charge in [-0.1, -0.05) is 29.3 Å². The lowest BCUT2D eigenvalue weighted by Gasteiger charge is -2.15. The molecule has 0 amide bonds. The van der Waals surface area contributed by atoms with Crippen molar-refractivity contribution in [2.24, 2.45) is 0 Å². The first-order chi connectivity index (χ1) is 16.0. The van der Waals surface area contributed by atoms with E-state index in [0.717, 1.165) is 0 Å². The fraction of sp³-hybridized carbons (Fsp3) is 0.0833. The van der Waals surface area contributed by atoms with Gasteiger partial charge in [-0.2, -0.15) is 5.26 Å². The Morgan fingerprint density at radius 2 is 1.76 bits per heavy atom. The van der Waals surface area contributed by atoms with Gasteiger partial charge in [-0.05, 0) is 48.5 Å². The molecule has 3 heterocycles. The predicted octanol–water partition coefficient (Wildman–Crippen LogP) is 5.00. The molecule has 0 saturated carbocycles. The Bertz CT molecular complexity index is 1380. The van der Waals surface area contributed by atoms with Gasteiger partial charge in [-0.25, -0.2) is 9.97 Å². The van der Waals surface area contributed by atoms with Crippen LogP contribution in [0.5, 0.6) is 0 Å². The Kier molecular flexibility index (Phi) is 6.89. The summed E-state index contributed by atoms with van der Waals surface area (Å²) in [5, 5.41) is 16.2. The summed E-state index contributed by atoms with van der Waals surface area (Å²) in [5.41, 5.74) is 2.15. The molecule has 1 aromatic carbocycles. The average molecular weight is 477 g/mol. The van der Waals surface area contributed by atoms with E-state index in [0.29, 0.717) is 57.3 Å². The first kappa shape index (κ1) is 22.3. The van der Waals surface area contributed by atoms with E-state index in [1.165, 1.54) is 16.8 Å². The van der Waals surface area contributed by atoms with E-state index in [1.807, 2.05) is 18.2 Å². The average Bonchev–Trinajstić information content (AvgIpc) is 2.83. The van der Waals surface area contributed by atoms with Crippen molar-refractivity contribution in [3.63, 3.8) is 0 Å². The van der Waals surface area contributed by atoms with E-state index in [9.17, 15) is 4.79 Å². The summed E-state index contributed by atoms with van der Waals surface area (Å²) in [7, 11) is 0. The molecular weight excluding hydrogens is 459 g/mol. The number of anilines is 2. The molecule has 0 spiro atoms. The van der Waals surface area contributed by atoms with Gasteiger partial charge in [0.1, 0.15) is 17.7 Å². The van der Waals surface area contributed by atoms with Crippen LogP contribution in [0.3, 0.4) is 0 Å². The van der Waals surface area contributed by atoms with Crippen LogP contribution < -0.4 is 16.2 Å². The molecule has 4 rings (SSSR count). The lowest BCUT2D eigenvalue weighted by molar-refractivity contribution is 0.978. The Hall–Kier alpha value is -3.86. The normalized spacial score (nSPS) is 10.5. The zero-order valence-electron chi connectivity index (χ0n) is 17.3. The van der Waals surface area contributed by atoms with Gasteiger partial charge in [0.05, 0.1) is 22.0 Å². The minimum Gasteiger partial charge on any atom is -0.368 e. The molecule has 0 radical (unpaired) electrons. The van der Waals surface area contributed by atoms with Crippen molar-refractivity contribution in [1.29, 1.82) is 5.26 Å². The van der Waals surface area contributed by atoms with Crippen LogP contribution >= 0.6 is 23.2 Å². The van der Waals surface area contributed by atoms with Crippen LogP contribution in [0.1, 0.15) is 5.56 Å². The molecule has 0 unspecified atom stereocenters. The summed E-state index contributed by atoms with van der Waals surface area (Å²) < 4.78 is 1.52. The van der Waals surface area contributed by atoms with Gasteiger partial charge in [0.25, 0.3) is 5.56 Å². The minimum absolute atomic E-state index is 0.175. The Morgan fingerprint density at radius 3 is 2.45 bits per heavy atom. The summed E-state index contributed by atoms with van der Waals surface area (Å²) in [4.78, 5) is 21.4. The zero-order chi connectivity index (χ0) is 23.2. The summed E-state index contributed by atoms with van der Waals surface area (Å²) in [5.74, 6) is 1.30. The maximum absolute atomic E-state index is 12.4. The van der Waals surface area contributed by atoms with E-state index in [2.05, 4.69) is 15.6 Å². The van der Waals surface area contributed by atoms with Gasteiger partial charge in [-0.15, -0.1) is 0 Å². The number of hydrogen-bond donors (Lipinski definition) is 2. The fourth-order valence-corrected chi connectivity index (χ4v) is 3.69. The molecule has 33 heavy (non-hydrogen) atoms. The van der Waals surface area contributed by atoms with E-state index < -0.39 is 0 Å². The van der Waals surface area contributed by atoms with Crippen molar-refractivity contribution in [2.45, 2.75) is 0 Å². The van der Waals surface area contributed by atoms with E-state index >= 15 is 0 Å². The molecule has 3 aromatic heterocycles. The number of halogens is 2. The largest absolute Gasteiger partial charge is 0.368 e. The van der Waals surface area contributed by atoms with Gasteiger partial charge in [0.2, 0.25) is 0 Å². The number of rotatable bonds is 7. The third-order valence-corrected chi connectivity index (χ3v) is 5.32. The van der Waals surface area contributed by atoms with Crippen molar-refractivity contribution in [1.82, 2.24) is 14.5 Å². The highest BCUT2D eigenvalue weighted by Crippen LogP contribution is 2.33. The second kappa shape index (κ2) is 10.2. The van der Waals surface area contributed by atoms with Gasteiger partial charge in [-0.3, -0.25) is 9.36 Å². The summed E-state index contributed by atoms with van der Waals surface area (Å²) in [6.45, 7) is 1.14. The first-order valence-electron chi connectivity index (χ1n) is 10.0. The second-order valence-electron chi connectivity index (χ2n) is 6.99. The lowest BCUT2D eigenvalue weighted by atomic mass is 10.1. The molecule has 4 aromatic rings. The number of aromatic nitrogens is 3. The maximum Gasteiger partial charge on any atom is 0.255 e. The molecule has 7 nitrogen and oxygen atoms in total. The fourth-order valence-electron chi connectivity index (χ4n) is 3.20. The van der Waals surface area contributed by atoms with Crippen molar-refractivity contribution in [2.75, 3.05) is 23.7 Å². The Balaban J connectivity index is 1.57. The topological polar surface area (TPSA) is 95.6 Å². The molecule has 164 valence electrons. The van der Waals surface area contributed by atoms with Gasteiger partial charge >= 0.3 is 0 Å². The predicted molar refractivity (Wildman–Crippen MR) is 131 cm³/mol. The molecule has 0 atom stereocenters. The van der Waals surface area contributed by atoms with Crippen LogP contribution in [0.15, 0.2) is 77.9 Å². The minimum atomic E-state index is -0.175. The number of hydrogen-bond acceptors (Lipinski definition) is 6. The van der Waals surface area contributed by atoms with Gasteiger partial charge in [0.15, 0.2) is 0 Å². The Morgan fingerprint density at radius 1 is 0.970 bits per heavy atom. The number of nitrogens with one attached hydrogen (secondary N) is 2. The molecular formula is C24H18Cl2N6O. The van der Waals surface area contributed by atoms with Crippen LogP contribution in [0, 0.1) is 11.3 Å². The molecule has 0 bridgehead atoms. The van der Waals surface area contributed by atoms with Crippen LogP contribution in [0.4, 0.5) is 11.6 Å². The van der Waals surface area contributed by atoms with Gasteiger partial charge < -0.3 is 10.6 Å². The summed E-state index contributed by atoms with van der Waals surface area (Å²) in [6.07, 6.45) is 3.21. The Labute approximate surface area is 200 Å². The standard InChI is InChI=1S/C24H18Cl2N6O/c25-17-5-6-18(19(26)13-17)24-20(32-12-2-1-3-23(32)33)7-9-22(31-24)29-11-10-28-21-8-4-16(14-27)15-30-21/h1-9,12-13,15H,10-11H2,(H,28,30)(H,29,31). The number of nitriles is 1. The SMILES string of the molecule is N#Cc1ccc(NCCNc2ccc(-n3ccccc3=O)c(-c3ccc(Cl)cc3Cl)n2)nc1. The van der Waals surface area contributed by atoms with Crippen molar-refractivity contribution in [3.05, 3.63) is 99.0 Å². The molecule has 0 fully saturated rings. The summed E-state index contributed by atoms with van der Waals surface area (Å²) in [6, 6.07) is 19.3.